The maximum Gasteiger partial charge on any atom is 0.253 e. The zero-order chi connectivity index (χ0) is 21.1. The van der Waals surface area contributed by atoms with Crippen LogP contribution in [0.4, 0.5) is 0 Å². The van der Waals surface area contributed by atoms with Gasteiger partial charge in [0.25, 0.3) is 5.91 Å². The monoisotopic (exact) mass is 452 g/mol. The van der Waals surface area contributed by atoms with Gasteiger partial charge in [0.1, 0.15) is 10.7 Å². The van der Waals surface area contributed by atoms with Gasteiger partial charge in [0, 0.05) is 41.0 Å². The average molecular weight is 453 g/mol. The molecule has 1 amide bonds. The number of nitrogens with one attached hydrogen (secondary N) is 1. The minimum Gasteiger partial charge on any atom is -0.337 e. The molecule has 0 radical (unpaired) electrons. The molecule has 0 spiro atoms. The molecule has 1 saturated carbocycles. The molecule has 3 aromatic rings. The molecule has 3 saturated heterocycles. The summed E-state index contributed by atoms with van der Waals surface area (Å²) in [5.41, 5.74) is 2.96. The summed E-state index contributed by atoms with van der Waals surface area (Å²) >= 11 is 8.38. The van der Waals surface area contributed by atoms with Crippen LogP contribution in [-0.4, -0.2) is 46.5 Å². The molecule has 4 atom stereocenters. The van der Waals surface area contributed by atoms with Crippen molar-refractivity contribution < 1.29 is 4.79 Å². The highest BCUT2D eigenvalue weighted by molar-refractivity contribution is 7.16. The van der Waals surface area contributed by atoms with Crippen molar-refractivity contribution in [2.45, 2.75) is 44.1 Å². The number of benzene rings is 1. The summed E-state index contributed by atoms with van der Waals surface area (Å²) in [6, 6.07) is 8.44. The third kappa shape index (κ3) is 3.55. The van der Waals surface area contributed by atoms with Gasteiger partial charge in [-0.25, -0.2) is 9.97 Å². The summed E-state index contributed by atoms with van der Waals surface area (Å²) in [5.74, 6) is 2.21. The molecule has 2 bridgehead atoms. The molecule has 31 heavy (non-hydrogen) atoms. The fourth-order valence-corrected chi connectivity index (χ4v) is 6.50. The van der Waals surface area contributed by atoms with Crippen LogP contribution >= 0.6 is 22.9 Å². The van der Waals surface area contributed by atoms with Crippen molar-refractivity contribution in [1.29, 1.82) is 0 Å². The van der Waals surface area contributed by atoms with E-state index in [1.54, 1.807) is 11.3 Å². The molecule has 4 unspecified atom stereocenters. The molecular formula is C24H25ClN4OS. The first-order valence-electron chi connectivity index (χ1n) is 11.1. The van der Waals surface area contributed by atoms with Crippen LogP contribution in [0.1, 0.15) is 58.5 Å². The second-order valence-electron chi connectivity index (χ2n) is 9.24. The number of amides is 1. The number of fused-ring (bicyclic) bond motifs is 5. The van der Waals surface area contributed by atoms with Gasteiger partial charge in [0.2, 0.25) is 0 Å². The molecule has 1 N–H and O–H groups in total. The molecular weight excluding hydrogens is 428 g/mol. The first-order chi connectivity index (χ1) is 15.1. The Morgan fingerprint density at radius 2 is 2.10 bits per heavy atom. The normalized spacial score (nSPS) is 27.5. The second kappa shape index (κ2) is 7.54. The summed E-state index contributed by atoms with van der Waals surface area (Å²) in [6.07, 6.45) is 3.41. The summed E-state index contributed by atoms with van der Waals surface area (Å²) in [5, 5.41) is 7.51. The van der Waals surface area contributed by atoms with Crippen LogP contribution in [0.25, 0.3) is 10.2 Å². The number of aryl methyl sites for hydroxylation is 1. The molecule has 4 aliphatic rings. The van der Waals surface area contributed by atoms with Crippen LogP contribution in [0.3, 0.4) is 0 Å². The highest BCUT2D eigenvalue weighted by Gasteiger charge is 2.43. The Labute approximate surface area is 190 Å². The fourth-order valence-electron chi connectivity index (χ4n) is 5.36. The van der Waals surface area contributed by atoms with Crippen molar-refractivity contribution >= 4 is 39.1 Å². The van der Waals surface area contributed by atoms with E-state index in [9.17, 15) is 4.79 Å². The highest BCUT2D eigenvalue weighted by Crippen LogP contribution is 2.57. The van der Waals surface area contributed by atoms with Gasteiger partial charge in [-0.15, -0.1) is 11.3 Å². The van der Waals surface area contributed by atoms with E-state index in [0.29, 0.717) is 34.4 Å². The van der Waals surface area contributed by atoms with E-state index in [0.717, 1.165) is 59.8 Å². The minimum absolute atomic E-state index is 0.104. The topological polar surface area (TPSA) is 58.1 Å². The van der Waals surface area contributed by atoms with Crippen LogP contribution in [-0.2, 0) is 0 Å². The Hall–Kier alpha value is -2.02. The van der Waals surface area contributed by atoms with E-state index in [-0.39, 0.29) is 5.91 Å². The van der Waals surface area contributed by atoms with Crippen molar-refractivity contribution in [3.05, 3.63) is 57.3 Å². The Kier molecular flexibility index (Phi) is 4.78. The molecule has 7 rings (SSSR count). The molecule has 7 heteroatoms. The zero-order valence-electron chi connectivity index (χ0n) is 17.5. The lowest BCUT2D eigenvalue weighted by Crippen LogP contribution is -2.40. The Morgan fingerprint density at radius 1 is 1.19 bits per heavy atom. The van der Waals surface area contributed by atoms with E-state index in [1.165, 1.54) is 6.42 Å². The number of thiophene rings is 1. The van der Waals surface area contributed by atoms with E-state index >= 15 is 0 Å². The number of hydrogen-bond donors (Lipinski definition) is 1. The summed E-state index contributed by atoms with van der Waals surface area (Å²) in [7, 11) is 0. The largest absolute Gasteiger partial charge is 0.337 e. The van der Waals surface area contributed by atoms with E-state index in [4.69, 9.17) is 16.6 Å². The first kappa shape index (κ1) is 19.6. The lowest BCUT2D eigenvalue weighted by Gasteiger charge is -2.23. The summed E-state index contributed by atoms with van der Waals surface area (Å²) in [6.45, 7) is 4.62. The Bertz CT molecular complexity index is 1160. The predicted molar refractivity (Wildman–Crippen MR) is 124 cm³/mol. The predicted octanol–water partition coefficient (Wildman–Crippen LogP) is 4.75. The minimum atomic E-state index is 0.104. The SMILES string of the molecule is Cc1nc(C2CC2c2ccc(C(=O)N3CC4CCC(C3)NC4)cc2Cl)c2ccsc2n1. The standard InChI is InChI=1S/C24H25ClN4OS/c1-13-27-22(18-6-7-31-23(18)28-13)20-9-19(20)17-5-3-15(8-21(17)25)24(30)29-11-14-2-4-16(12-29)26-10-14/h3,5-8,14,16,19-20,26H,2,4,9-12H2,1H3. The highest BCUT2D eigenvalue weighted by atomic mass is 35.5. The van der Waals surface area contributed by atoms with Crippen molar-refractivity contribution in [3.8, 4) is 0 Å². The maximum absolute atomic E-state index is 13.2. The van der Waals surface area contributed by atoms with Gasteiger partial charge in [-0.1, -0.05) is 17.7 Å². The number of carbonyl (C=O) groups is 1. The zero-order valence-corrected chi connectivity index (χ0v) is 19.0. The quantitative estimate of drug-likeness (QED) is 0.623. The van der Waals surface area contributed by atoms with Crippen LogP contribution in [0.5, 0.6) is 0 Å². The smallest absolute Gasteiger partial charge is 0.253 e. The molecule has 4 fully saturated rings. The number of nitrogens with zero attached hydrogens (tertiary/aromatic N) is 3. The lowest BCUT2D eigenvalue weighted by molar-refractivity contribution is 0.0748. The van der Waals surface area contributed by atoms with Gasteiger partial charge in [-0.2, -0.15) is 0 Å². The van der Waals surface area contributed by atoms with Crippen molar-refractivity contribution in [2.75, 3.05) is 19.6 Å². The number of rotatable bonds is 3. The van der Waals surface area contributed by atoms with Crippen LogP contribution < -0.4 is 5.32 Å². The molecule has 5 nitrogen and oxygen atoms in total. The van der Waals surface area contributed by atoms with Gasteiger partial charge in [-0.3, -0.25) is 4.79 Å². The van der Waals surface area contributed by atoms with Crippen molar-refractivity contribution in [1.82, 2.24) is 20.2 Å². The van der Waals surface area contributed by atoms with E-state index in [2.05, 4.69) is 27.8 Å². The number of piperidine rings is 1. The summed E-state index contributed by atoms with van der Waals surface area (Å²) in [4.78, 5) is 25.6. The molecule has 5 heterocycles. The number of carbonyl (C=O) groups excluding carboxylic acids is 1. The molecule has 1 aromatic carbocycles. The summed E-state index contributed by atoms with van der Waals surface area (Å²) < 4.78 is 0. The van der Waals surface area contributed by atoms with E-state index in [1.807, 2.05) is 24.0 Å². The number of hydrogen-bond acceptors (Lipinski definition) is 5. The van der Waals surface area contributed by atoms with Gasteiger partial charge in [0.05, 0.1) is 5.69 Å². The lowest BCUT2D eigenvalue weighted by atomic mass is 9.97. The van der Waals surface area contributed by atoms with Gasteiger partial charge in [0.15, 0.2) is 0 Å². The third-order valence-electron chi connectivity index (χ3n) is 7.08. The average Bonchev–Trinajstić information content (AvgIpc) is 3.50. The molecule has 1 aliphatic carbocycles. The second-order valence-corrected chi connectivity index (χ2v) is 10.5. The maximum atomic E-state index is 13.2. The molecule has 2 aromatic heterocycles. The Balaban J connectivity index is 1.23. The van der Waals surface area contributed by atoms with E-state index < -0.39 is 0 Å². The molecule has 160 valence electrons. The van der Waals surface area contributed by atoms with Crippen LogP contribution in [0.2, 0.25) is 5.02 Å². The molecule has 3 aliphatic heterocycles. The van der Waals surface area contributed by atoms with Crippen molar-refractivity contribution in [3.63, 3.8) is 0 Å². The van der Waals surface area contributed by atoms with Crippen LogP contribution in [0, 0.1) is 12.8 Å². The van der Waals surface area contributed by atoms with Crippen LogP contribution in [0.15, 0.2) is 29.6 Å². The van der Waals surface area contributed by atoms with Crippen molar-refractivity contribution in [2.24, 2.45) is 5.92 Å². The number of aromatic nitrogens is 2. The van der Waals surface area contributed by atoms with Gasteiger partial charge < -0.3 is 10.2 Å². The fraction of sp³-hybridized carbons (Fsp3) is 0.458. The van der Waals surface area contributed by atoms with Gasteiger partial charge in [-0.05, 0) is 73.7 Å². The van der Waals surface area contributed by atoms with Gasteiger partial charge >= 0.3 is 0 Å². The third-order valence-corrected chi connectivity index (χ3v) is 8.21. The Morgan fingerprint density at radius 3 is 2.90 bits per heavy atom. The first-order valence-corrected chi connectivity index (χ1v) is 12.4. The number of halogens is 1.